The summed E-state index contributed by atoms with van der Waals surface area (Å²) in [4.78, 5) is 0. The monoisotopic (exact) mass is 161 g/mol. The largest absolute Gasteiger partial charge is 0.392 e. The Morgan fingerprint density at radius 2 is 2.17 bits per heavy atom. The van der Waals surface area contributed by atoms with Crippen LogP contribution in [0.2, 0.25) is 0 Å². The molecule has 0 aliphatic rings. The molecule has 0 aliphatic heterocycles. The van der Waals surface area contributed by atoms with Gasteiger partial charge in [-0.3, -0.25) is 0 Å². The maximum absolute atomic E-state index is 8.96. The minimum Gasteiger partial charge on any atom is -0.392 e. The van der Waals surface area contributed by atoms with Crippen LogP contribution in [0, 0.1) is 11.3 Å². The summed E-state index contributed by atoms with van der Waals surface area (Å²) in [5, 5.41) is 17.5. The fourth-order valence-electron chi connectivity index (χ4n) is 1.19. The molecule has 0 aromatic heterocycles. The number of hydrogen-bond donors (Lipinski definition) is 1. The van der Waals surface area contributed by atoms with Crippen LogP contribution in [0.25, 0.3) is 0 Å². The van der Waals surface area contributed by atoms with Gasteiger partial charge in [0.05, 0.1) is 18.2 Å². The average Bonchev–Trinajstić information content (AvgIpc) is 2.16. The molecule has 0 bridgehead atoms. The van der Waals surface area contributed by atoms with E-state index < -0.39 is 0 Å². The van der Waals surface area contributed by atoms with Crippen LogP contribution in [0.5, 0.6) is 0 Å². The quantitative estimate of drug-likeness (QED) is 0.716. The second-order valence-corrected chi connectivity index (χ2v) is 2.61. The highest BCUT2D eigenvalue weighted by molar-refractivity contribution is 5.37. The molecule has 0 unspecified atom stereocenters. The van der Waals surface area contributed by atoms with Crippen molar-refractivity contribution in [3.63, 3.8) is 0 Å². The van der Waals surface area contributed by atoms with E-state index in [4.69, 9.17) is 10.4 Å². The van der Waals surface area contributed by atoms with Crippen LogP contribution in [-0.2, 0) is 13.0 Å². The van der Waals surface area contributed by atoms with Crippen LogP contribution >= 0.6 is 0 Å². The summed E-state index contributed by atoms with van der Waals surface area (Å²) < 4.78 is 0. The van der Waals surface area contributed by atoms with Gasteiger partial charge < -0.3 is 5.11 Å². The Balaban J connectivity index is 3.13. The highest BCUT2D eigenvalue weighted by Crippen LogP contribution is 2.12. The minimum absolute atomic E-state index is 0.0126. The second kappa shape index (κ2) is 3.89. The summed E-state index contributed by atoms with van der Waals surface area (Å²) in [7, 11) is 0. The van der Waals surface area contributed by atoms with Crippen molar-refractivity contribution in [3.05, 3.63) is 34.9 Å². The first-order chi connectivity index (χ1) is 5.81. The highest BCUT2D eigenvalue weighted by Gasteiger charge is 2.00. The normalized spacial score (nSPS) is 9.42. The number of nitrogens with zero attached hydrogens (tertiary/aromatic N) is 1. The molecule has 0 fully saturated rings. The van der Waals surface area contributed by atoms with E-state index in [9.17, 15) is 0 Å². The molecule has 62 valence electrons. The second-order valence-electron chi connectivity index (χ2n) is 2.61. The molecule has 1 N–H and O–H groups in total. The molecule has 0 radical (unpaired) electrons. The average molecular weight is 161 g/mol. The maximum atomic E-state index is 8.96. The molecule has 2 nitrogen and oxygen atoms in total. The van der Waals surface area contributed by atoms with Crippen molar-refractivity contribution in [2.24, 2.45) is 0 Å². The Labute approximate surface area is 72.1 Å². The van der Waals surface area contributed by atoms with E-state index in [0.29, 0.717) is 5.56 Å². The van der Waals surface area contributed by atoms with Gasteiger partial charge >= 0.3 is 0 Å². The third kappa shape index (κ3) is 1.63. The summed E-state index contributed by atoms with van der Waals surface area (Å²) in [6, 6.07) is 7.45. The summed E-state index contributed by atoms with van der Waals surface area (Å²) >= 11 is 0. The van der Waals surface area contributed by atoms with Crippen LogP contribution in [-0.4, -0.2) is 5.11 Å². The molecule has 2 heteroatoms. The van der Waals surface area contributed by atoms with Crippen molar-refractivity contribution in [1.82, 2.24) is 0 Å². The number of nitriles is 1. The summed E-state index contributed by atoms with van der Waals surface area (Å²) in [5.41, 5.74) is 2.57. The van der Waals surface area contributed by atoms with Crippen LogP contribution in [0.3, 0.4) is 0 Å². The summed E-state index contributed by atoms with van der Waals surface area (Å²) in [6.45, 7) is 2.04. The van der Waals surface area contributed by atoms with Crippen LogP contribution in [0.1, 0.15) is 23.6 Å². The Morgan fingerprint density at radius 3 is 2.67 bits per heavy atom. The first kappa shape index (κ1) is 8.76. The first-order valence-corrected chi connectivity index (χ1v) is 3.94. The molecule has 0 atom stereocenters. The molecule has 0 heterocycles. The van der Waals surface area contributed by atoms with Crippen LogP contribution in [0.4, 0.5) is 0 Å². The van der Waals surface area contributed by atoms with Gasteiger partial charge in [-0.15, -0.1) is 0 Å². The lowest BCUT2D eigenvalue weighted by Gasteiger charge is -2.03. The molecule has 12 heavy (non-hydrogen) atoms. The molecule has 1 aromatic carbocycles. The molecule has 0 aliphatic carbocycles. The van der Waals surface area contributed by atoms with Gasteiger partial charge in [0.2, 0.25) is 0 Å². The highest BCUT2D eigenvalue weighted by atomic mass is 16.3. The van der Waals surface area contributed by atoms with E-state index in [0.717, 1.165) is 17.5 Å². The lowest BCUT2D eigenvalue weighted by Crippen LogP contribution is -1.92. The smallest absolute Gasteiger partial charge is 0.0991 e. The molecule has 1 rings (SSSR count). The van der Waals surface area contributed by atoms with Gasteiger partial charge in [0.25, 0.3) is 0 Å². The van der Waals surface area contributed by atoms with E-state index >= 15 is 0 Å². The van der Waals surface area contributed by atoms with E-state index in [1.54, 1.807) is 12.1 Å². The van der Waals surface area contributed by atoms with Gasteiger partial charge in [-0.05, 0) is 29.7 Å². The summed E-state index contributed by atoms with van der Waals surface area (Å²) in [5.74, 6) is 0. The van der Waals surface area contributed by atoms with Gasteiger partial charge in [0.15, 0.2) is 0 Å². The van der Waals surface area contributed by atoms with Gasteiger partial charge in [-0.25, -0.2) is 0 Å². The third-order valence-electron chi connectivity index (χ3n) is 1.89. The number of aryl methyl sites for hydroxylation is 1. The van der Waals surface area contributed by atoms with E-state index in [-0.39, 0.29) is 6.61 Å². The zero-order valence-corrected chi connectivity index (χ0v) is 7.04. The fourth-order valence-corrected chi connectivity index (χ4v) is 1.19. The maximum Gasteiger partial charge on any atom is 0.0991 e. The molecule has 0 saturated heterocycles. The van der Waals surface area contributed by atoms with Crippen molar-refractivity contribution < 1.29 is 5.11 Å². The molecule has 1 aromatic rings. The molecular weight excluding hydrogens is 150 g/mol. The summed E-state index contributed by atoms with van der Waals surface area (Å²) in [6.07, 6.45) is 0.890. The van der Waals surface area contributed by atoms with Crippen molar-refractivity contribution in [1.29, 1.82) is 5.26 Å². The number of rotatable bonds is 2. The van der Waals surface area contributed by atoms with Crippen molar-refractivity contribution >= 4 is 0 Å². The van der Waals surface area contributed by atoms with E-state index in [1.807, 2.05) is 19.1 Å². The lowest BCUT2D eigenvalue weighted by atomic mass is 10.0. The number of benzene rings is 1. The van der Waals surface area contributed by atoms with Crippen LogP contribution in [0.15, 0.2) is 18.2 Å². The predicted octanol–water partition coefficient (Wildman–Crippen LogP) is 1.61. The van der Waals surface area contributed by atoms with Gasteiger partial charge in [-0.2, -0.15) is 5.26 Å². The number of aliphatic hydroxyl groups excluding tert-OH is 1. The Morgan fingerprint density at radius 1 is 1.42 bits per heavy atom. The van der Waals surface area contributed by atoms with E-state index in [1.165, 1.54) is 0 Å². The first-order valence-electron chi connectivity index (χ1n) is 3.94. The Kier molecular flexibility index (Phi) is 2.84. The Bertz CT molecular complexity index is 312. The molecule has 0 spiro atoms. The van der Waals surface area contributed by atoms with Crippen molar-refractivity contribution in [2.45, 2.75) is 20.0 Å². The van der Waals surface area contributed by atoms with Crippen molar-refractivity contribution in [2.75, 3.05) is 0 Å². The third-order valence-corrected chi connectivity index (χ3v) is 1.89. The standard InChI is InChI=1S/C10H11NO/c1-2-9-4-3-8(6-11)5-10(9)7-12/h3-5,12H,2,7H2,1H3. The molecule has 0 amide bonds. The molecule has 0 saturated carbocycles. The minimum atomic E-state index is 0.0126. The number of hydrogen-bond acceptors (Lipinski definition) is 2. The lowest BCUT2D eigenvalue weighted by molar-refractivity contribution is 0.280. The van der Waals surface area contributed by atoms with E-state index in [2.05, 4.69) is 0 Å². The van der Waals surface area contributed by atoms with Gasteiger partial charge in [-0.1, -0.05) is 13.0 Å². The Hall–Kier alpha value is -1.33. The topological polar surface area (TPSA) is 44.0 Å². The fraction of sp³-hybridized carbons (Fsp3) is 0.300. The SMILES string of the molecule is CCc1ccc(C#N)cc1CO. The molecular formula is C10H11NO. The van der Waals surface area contributed by atoms with Gasteiger partial charge in [0, 0.05) is 0 Å². The van der Waals surface area contributed by atoms with Gasteiger partial charge in [0.1, 0.15) is 0 Å². The van der Waals surface area contributed by atoms with Crippen LogP contribution < -0.4 is 0 Å². The zero-order valence-electron chi connectivity index (χ0n) is 7.04. The predicted molar refractivity (Wildman–Crippen MR) is 46.5 cm³/mol. The number of aliphatic hydroxyl groups is 1. The van der Waals surface area contributed by atoms with Crippen molar-refractivity contribution in [3.8, 4) is 6.07 Å². The zero-order chi connectivity index (χ0) is 8.97.